The van der Waals surface area contributed by atoms with Crippen LogP contribution in [0.2, 0.25) is 0 Å². The van der Waals surface area contributed by atoms with Gasteiger partial charge in [-0.2, -0.15) is 5.10 Å². The number of benzene rings is 1. The van der Waals surface area contributed by atoms with Crippen molar-refractivity contribution in [2.45, 2.75) is 33.7 Å². The van der Waals surface area contributed by atoms with Gasteiger partial charge in [0.05, 0.1) is 18.3 Å². The highest BCUT2D eigenvalue weighted by Gasteiger charge is 2.11. The second-order valence-electron chi connectivity index (χ2n) is 5.94. The smallest absolute Gasteiger partial charge is 0.121 e. The van der Waals surface area contributed by atoms with E-state index in [1.54, 1.807) is 0 Å². The predicted octanol–water partition coefficient (Wildman–Crippen LogP) is 3.94. The van der Waals surface area contributed by atoms with E-state index in [9.17, 15) is 0 Å². The average Bonchev–Trinajstić information content (AvgIpc) is 2.76. The van der Waals surface area contributed by atoms with Crippen LogP contribution in [-0.2, 0) is 7.05 Å². The number of anilines is 1. The lowest BCUT2D eigenvalue weighted by Gasteiger charge is -2.16. The van der Waals surface area contributed by atoms with Crippen LogP contribution in [0.25, 0.3) is 0 Å². The molecule has 1 aromatic heterocycles. The zero-order valence-corrected chi connectivity index (χ0v) is 13.6. The summed E-state index contributed by atoms with van der Waals surface area (Å²) in [5.74, 6) is 1.43. The lowest BCUT2D eigenvalue weighted by molar-refractivity contribution is 0.271. The van der Waals surface area contributed by atoms with Crippen LogP contribution in [0.15, 0.2) is 30.5 Å². The number of hydrogen-bond acceptors (Lipinski definition) is 3. The van der Waals surface area contributed by atoms with Crippen molar-refractivity contribution in [2.75, 3.05) is 11.9 Å². The largest absolute Gasteiger partial charge is 0.493 e. The summed E-state index contributed by atoms with van der Waals surface area (Å²) in [6.07, 6.45) is 2.06. The number of hydrogen-bond donors (Lipinski definition) is 1. The monoisotopic (exact) mass is 287 g/mol. The zero-order chi connectivity index (χ0) is 15.4. The Labute approximate surface area is 127 Å². The maximum absolute atomic E-state index is 5.77. The Morgan fingerprint density at radius 3 is 2.67 bits per heavy atom. The molecule has 0 bridgehead atoms. The highest BCUT2D eigenvalue weighted by molar-refractivity contribution is 5.50. The highest BCUT2D eigenvalue weighted by Crippen LogP contribution is 2.24. The van der Waals surface area contributed by atoms with Crippen molar-refractivity contribution in [3.05, 3.63) is 41.7 Å². The molecule has 114 valence electrons. The minimum atomic E-state index is 0.207. The fraction of sp³-hybridized carbons (Fsp3) is 0.471. The molecular weight excluding hydrogens is 262 g/mol. The number of nitrogens with one attached hydrogen (secondary N) is 1. The average molecular weight is 287 g/mol. The molecule has 0 saturated carbocycles. The van der Waals surface area contributed by atoms with Gasteiger partial charge < -0.3 is 10.1 Å². The van der Waals surface area contributed by atoms with Gasteiger partial charge >= 0.3 is 0 Å². The van der Waals surface area contributed by atoms with E-state index in [0.717, 1.165) is 23.7 Å². The first kappa shape index (κ1) is 15.4. The Morgan fingerprint density at radius 1 is 1.29 bits per heavy atom. The molecule has 0 spiro atoms. The van der Waals surface area contributed by atoms with E-state index in [1.807, 2.05) is 36.9 Å². The summed E-state index contributed by atoms with van der Waals surface area (Å²) in [4.78, 5) is 0. The highest BCUT2D eigenvalue weighted by atomic mass is 16.5. The molecule has 0 amide bonds. The van der Waals surface area contributed by atoms with E-state index in [0.29, 0.717) is 5.92 Å². The van der Waals surface area contributed by atoms with Crippen molar-refractivity contribution in [1.82, 2.24) is 9.78 Å². The quantitative estimate of drug-likeness (QED) is 0.874. The molecule has 0 aliphatic carbocycles. The van der Waals surface area contributed by atoms with Crippen molar-refractivity contribution in [1.29, 1.82) is 0 Å². The van der Waals surface area contributed by atoms with E-state index < -0.39 is 0 Å². The number of ether oxygens (including phenoxy) is 1. The third kappa shape index (κ3) is 4.25. The van der Waals surface area contributed by atoms with Gasteiger partial charge in [-0.1, -0.05) is 19.9 Å². The number of nitrogens with zero attached hydrogens (tertiary/aromatic N) is 2. The Kier molecular flexibility index (Phi) is 4.89. The minimum absolute atomic E-state index is 0.207. The topological polar surface area (TPSA) is 39.1 Å². The molecule has 21 heavy (non-hydrogen) atoms. The fourth-order valence-electron chi connectivity index (χ4n) is 2.31. The van der Waals surface area contributed by atoms with E-state index in [2.05, 4.69) is 43.4 Å². The van der Waals surface area contributed by atoms with Gasteiger partial charge in [-0.3, -0.25) is 4.68 Å². The van der Waals surface area contributed by atoms with Gasteiger partial charge in [0.15, 0.2) is 0 Å². The van der Waals surface area contributed by atoms with Gasteiger partial charge in [-0.05, 0) is 31.9 Å². The lowest BCUT2D eigenvalue weighted by Crippen LogP contribution is -2.08. The van der Waals surface area contributed by atoms with Gasteiger partial charge in [0, 0.05) is 30.6 Å². The molecule has 0 aliphatic heterocycles. The number of aryl methyl sites for hydroxylation is 2. The van der Waals surface area contributed by atoms with Gasteiger partial charge in [-0.15, -0.1) is 0 Å². The van der Waals surface area contributed by atoms with Crippen molar-refractivity contribution < 1.29 is 4.74 Å². The fourth-order valence-corrected chi connectivity index (χ4v) is 2.31. The molecule has 1 N–H and O–H groups in total. The number of aromatic nitrogens is 2. The molecule has 1 heterocycles. The molecule has 4 heteroatoms. The summed E-state index contributed by atoms with van der Waals surface area (Å²) in [5, 5.41) is 7.90. The van der Waals surface area contributed by atoms with Crippen molar-refractivity contribution in [3.8, 4) is 5.75 Å². The van der Waals surface area contributed by atoms with Crippen LogP contribution >= 0.6 is 0 Å². The molecule has 0 fully saturated rings. The van der Waals surface area contributed by atoms with Gasteiger partial charge in [0.2, 0.25) is 0 Å². The SMILES string of the molecule is Cc1nn(C)cc1C(C)Nc1cccc(OCC(C)C)c1. The van der Waals surface area contributed by atoms with Crippen molar-refractivity contribution >= 4 is 5.69 Å². The molecule has 4 nitrogen and oxygen atoms in total. The minimum Gasteiger partial charge on any atom is -0.493 e. The van der Waals surface area contributed by atoms with Crippen LogP contribution in [0.1, 0.15) is 38.1 Å². The molecule has 2 rings (SSSR count). The summed E-state index contributed by atoms with van der Waals surface area (Å²) in [6.45, 7) is 9.22. The third-order valence-corrected chi connectivity index (χ3v) is 3.32. The van der Waals surface area contributed by atoms with Crippen molar-refractivity contribution in [2.24, 2.45) is 13.0 Å². The second-order valence-corrected chi connectivity index (χ2v) is 5.94. The molecule has 0 aliphatic rings. The Balaban J connectivity index is 2.05. The first-order valence-corrected chi connectivity index (χ1v) is 7.45. The van der Waals surface area contributed by atoms with E-state index in [-0.39, 0.29) is 6.04 Å². The second kappa shape index (κ2) is 6.66. The van der Waals surface area contributed by atoms with Gasteiger partial charge in [0.1, 0.15) is 5.75 Å². The summed E-state index contributed by atoms with van der Waals surface area (Å²) < 4.78 is 7.62. The number of rotatable bonds is 6. The molecule has 1 aromatic carbocycles. The molecule has 2 aromatic rings. The molecule has 1 atom stereocenters. The standard InChI is InChI=1S/C17H25N3O/c1-12(2)11-21-16-8-6-7-15(9-16)18-13(3)17-10-20(5)19-14(17)4/h6-10,12-13,18H,11H2,1-5H3. The Hall–Kier alpha value is -1.97. The molecule has 1 unspecified atom stereocenters. The van der Waals surface area contributed by atoms with Crippen LogP contribution in [-0.4, -0.2) is 16.4 Å². The third-order valence-electron chi connectivity index (χ3n) is 3.32. The summed E-state index contributed by atoms with van der Waals surface area (Å²) in [5.41, 5.74) is 3.34. The predicted molar refractivity (Wildman–Crippen MR) is 86.8 cm³/mol. The Bertz CT molecular complexity index is 589. The summed E-state index contributed by atoms with van der Waals surface area (Å²) in [7, 11) is 1.95. The Morgan fingerprint density at radius 2 is 2.05 bits per heavy atom. The van der Waals surface area contributed by atoms with Crippen LogP contribution in [0.3, 0.4) is 0 Å². The summed E-state index contributed by atoms with van der Waals surface area (Å²) >= 11 is 0. The van der Waals surface area contributed by atoms with Crippen molar-refractivity contribution in [3.63, 3.8) is 0 Å². The zero-order valence-electron chi connectivity index (χ0n) is 13.6. The van der Waals surface area contributed by atoms with Gasteiger partial charge in [0.25, 0.3) is 0 Å². The maximum atomic E-state index is 5.77. The van der Waals surface area contributed by atoms with Crippen LogP contribution in [0, 0.1) is 12.8 Å². The van der Waals surface area contributed by atoms with Crippen LogP contribution in [0.5, 0.6) is 5.75 Å². The maximum Gasteiger partial charge on any atom is 0.121 e. The first-order valence-electron chi connectivity index (χ1n) is 7.45. The van der Waals surface area contributed by atoms with Crippen LogP contribution in [0.4, 0.5) is 5.69 Å². The molecular formula is C17H25N3O. The van der Waals surface area contributed by atoms with E-state index in [4.69, 9.17) is 4.74 Å². The lowest BCUT2D eigenvalue weighted by atomic mass is 10.1. The van der Waals surface area contributed by atoms with Gasteiger partial charge in [-0.25, -0.2) is 0 Å². The van der Waals surface area contributed by atoms with Crippen LogP contribution < -0.4 is 10.1 Å². The van der Waals surface area contributed by atoms with E-state index >= 15 is 0 Å². The molecule has 0 radical (unpaired) electrons. The van der Waals surface area contributed by atoms with E-state index in [1.165, 1.54) is 5.56 Å². The first-order chi connectivity index (χ1) is 9.95. The molecule has 0 saturated heterocycles. The summed E-state index contributed by atoms with van der Waals surface area (Å²) in [6, 6.07) is 8.32. The normalized spacial score (nSPS) is 12.5.